The van der Waals surface area contributed by atoms with E-state index in [0.29, 0.717) is 5.75 Å². The van der Waals surface area contributed by atoms with Crippen LogP contribution in [0.2, 0.25) is 0 Å². The lowest BCUT2D eigenvalue weighted by Gasteiger charge is -2.36. The van der Waals surface area contributed by atoms with E-state index in [1.54, 1.807) is 17.3 Å². The normalized spacial score (nSPS) is 29.9. The van der Waals surface area contributed by atoms with Gasteiger partial charge in [0.15, 0.2) is 5.17 Å². The Hall–Kier alpha value is -0.770. The maximum absolute atomic E-state index is 11.1. The molecule has 0 saturated carbocycles. The van der Waals surface area contributed by atoms with Crippen LogP contribution >= 0.6 is 11.8 Å². The van der Waals surface area contributed by atoms with Crippen molar-refractivity contribution in [3.05, 3.63) is 11.6 Å². The molecule has 86 valence electrons. The number of carbonyl (C=O) groups is 1. The average Bonchev–Trinajstić information content (AvgIpc) is 2.75. The van der Waals surface area contributed by atoms with E-state index in [1.807, 2.05) is 0 Å². The van der Waals surface area contributed by atoms with E-state index >= 15 is 0 Å². The number of carbonyl (C=O) groups excluding carboxylic acids is 1. The van der Waals surface area contributed by atoms with Crippen LogP contribution in [0.3, 0.4) is 0 Å². The maximum Gasteiger partial charge on any atom is 0.258 e. The van der Waals surface area contributed by atoms with E-state index in [1.165, 1.54) is 25.7 Å². The zero-order valence-electron chi connectivity index (χ0n) is 9.32. The molecule has 0 N–H and O–H groups in total. The fraction of sp³-hybridized carbons (Fsp3) is 0.667. The predicted molar refractivity (Wildman–Crippen MR) is 66.5 cm³/mol. The number of likely N-dealkylation sites (tertiary alicyclic amines) is 1. The fourth-order valence-corrected chi connectivity index (χ4v) is 3.58. The minimum atomic E-state index is 0.0275. The van der Waals surface area contributed by atoms with Crippen molar-refractivity contribution in [2.24, 2.45) is 10.9 Å². The number of piperidine rings is 1. The van der Waals surface area contributed by atoms with E-state index in [4.69, 9.17) is 0 Å². The van der Waals surface area contributed by atoms with Gasteiger partial charge in [-0.25, -0.2) is 0 Å². The number of amides is 1. The van der Waals surface area contributed by atoms with Gasteiger partial charge in [-0.1, -0.05) is 23.4 Å². The van der Waals surface area contributed by atoms with Gasteiger partial charge < -0.3 is 4.90 Å². The Morgan fingerprint density at radius 3 is 3.19 bits per heavy atom. The van der Waals surface area contributed by atoms with Crippen LogP contribution in [-0.2, 0) is 4.79 Å². The van der Waals surface area contributed by atoms with Gasteiger partial charge in [-0.05, 0) is 31.6 Å². The van der Waals surface area contributed by atoms with Gasteiger partial charge in [0.2, 0.25) is 0 Å². The molecule has 1 saturated heterocycles. The molecule has 3 aliphatic rings. The SMILES string of the molecule is O=C1CSC(N2CCC3CCCC=C3C2)=N1. The van der Waals surface area contributed by atoms with Crippen LogP contribution in [0.15, 0.2) is 16.6 Å². The van der Waals surface area contributed by atoms with Gasteiger partial charge in [0.05, 0.1) is 5.75 Å². The number of aliphatic imine (C=N–C) groups is 1. The Labute approximate surface area is 100.0 Å². The van der Waals surface area contributed by atoms with E-state index in [-0.39, 0.29) is 5.91 Å². The van der Waals surface area contributed by atoms with Crippen molar-refractivity contribution >= 4 is 22.8 Å². The third-order valence-corrected chi connectivity index (χ3v) is 4.62. The summed E-state index contributed by atoms with van der Waals surface area (Å²) in [5.41, 5.74) is 1.58. The van der Waals surface area contributed by atoms with Gasteiger partial charge in [0.25, 0.3) is 5.91 Å². The van der Waals surface area contributed by atoms with E-state index in [9.17, 15) is 4.79 Å². The first-order valence-electron chi connectivity index (χ1n) is 6.01. The van der Waals surface area contributed by atoms with Gasteiger partial charge in [-0.15, -0.1) is 0 Å². The van der Waals surface area contributed by atoms with Crippen LogP contribution in [-0.4, -0.2) is 34.8 Å². The minimum absolute atomic E-state index is 0.0275. The summed E-state index contributed by atoms with van der Waals surface area (Å²) < 4.78 is 0. The predicted octanol–water partition coefficient (Wildman–Crippen LogP) is 2.05. The molecule has 0 aromatic heterocycles. The van der Waals surface area contributed by atoms with Crippen LogP contribution in [0.4, 0.5) is 0 Å². The molecule has 0 bridgehead atoms. The second-order valence-electron chi connectivity index (χ2n) is 4.69. The number of hydrogen-bond acceptors (Lipinski definition) is 3. The number of allylic oxidation sites excluding steroid dienone is 1. The highest BCUT2D eigenvalue weighted by molar-refractivity contribution is 8.14. The topological polar surface area (TPSA) is 32.7 Å². The molecule has 16 heavy (non-hydrogen) atoms. The molecular weight excluding hydrogens is 220 g/mol. The summed E-state index contributed by atoms with van der Waals surface area (Å²) in [6.07, 6.45) is 7.58. The van der Waals surface area contributed by atoms with Crippen LogP contribution in [0.5, 0.6) is 0 Å². The molecule has 0 spiro atoms. The van der Waals surface area contributed by atoms with Crippen molar-refractivity contribution < 1.29 is 4.79 Å². The van der Waals surface area contributed by atoms with E-state index < -0.39 is 0 Å². The molecule has 0 aromatic carbocycles. The lowest BCUT2D eigenvalue weighted by atomic mass is 9.83. The maximum atomic E-state index is 11.1. The zero-order valence-corrected chi connectivity index (χ0v) is 10.1. The Morgan fingerprint density at radius 1 is 1.44 bits per heavy atom. The van der Waals surface area contributed by atoms with E-state index in [2.05, 4.69) is 16.0 Å². The van der Waals surface area contributed by atoms with Crippen LogP contribution in [0, 0.1) is 5.92 Å². The van der Waals surface area contributed by atoms with Gasteiger partial charge in [-0.2, -0.15) is 4.99 Å². The second-order valence-corrected chi connectivity index (χ2v) is 5.64. The van der Waals surface area contributed by atoms with Crippen molar-refractivity contribution in [3.63, 3.8) is 0 Å². The lowest BCUT2D eigenvalue weighted by Crippen LogP contribution is -2.38. The summed E-state index contributed by atoms with van der Waals surface area (Å²) in [5.74, 6) is 1.38. The smallest absolute Gasteiger partial charge is 0.258 e. The van der Waals surface area contributed by atoms with Gasteiger partial charge in [-0.3, -0.25) is 4.79 Å². The van der Waals surface area contributed by atoms with Crippen LogP contribution in [0.1, 0.15) is 25.7 Å². The number of nitrogens with zero attached hydrogens (tertiary/aromatic N) is 2. The monoisotopic (exact) mass is 236 g/mol. The molecule has 1 aliphatic carbocycles. The van der Waals surface area contributed by atoms with Crippen molar-refractivity contribution in [3.8, 4) is 0 Å². The highest BCUT2D eigenvalue weighted by Gasteiger charge is 2.29. The summed E-state index contributed by atoms with van der Waals surface area (Å²) >= 11 is 1.60. The molecule has 4 heteroatoms. The minimum Gasteiger partial charge on any atom is -0.347 e. The summed E-state index contributed by atoms with van der Waals surface area (Å²) in [4.78, 5) is 17.5. The van der Waals surface area contributed by atoms with Gasteiger partial charge in [0, 0.05) is 13.1 Å². The lowest BCUT2D eigenvalue weighted by molar-refractivity contribution is -0.115. The molecule has 1 unspecified atom stereocenters. The Kier molecular flexibility index (Phi) is 2.75. The van der Waals surface area contributed by atoms with Gasteiger partial charge >= 0.3 is 0 Å². The summed E-state index contributed by atoms with van der Waals surface area (Å²) in [6, 6.07) is 0. The zero-order chi connectivity index (χ0) is 11.0. The number of thioether (sulfide) groups is 1. The Bertz CT molecular complexity index is 375. The molecule has 3 nitrogen and oxygen atoms in total. The van der Waals surface area contributed by atoms with Crippen molar-refractivity contribution in [1.29, 1.82) is 0 Å². The number of fused-ring (bicyclic) bond motifs is 1. The molecule has 0 aromatic rings. The first-order chi connectivity index (χ1) is 7.83. The molecule has 2 heterocycles. The first kappa shape index (κ1) is 10.4. The molecule has 3 rings (SSSR count). The Morgan fingerprint density at radius 2 is 2.38 bits per heavy atom. The Balaban J connectivity index is 1.73. The third-order valence-electron chi connectivity index (χ3n) is 3.62. The van der Waals surface area contributed by atoms with Gasteiger partial charge in [0.1, 0.15) is 0 Å². The highest BCUT2D eigenvalue weighted by atomic mass is 32.2. The van der Waals surface area contributed by atoms with Crippen molar-refractivity contribution in [2.75, 3.05) is 18.8 Å². The third kappa shape index (κ3) is 1.90. The molecular formula is C12H16N2OS. The molecule has 2 aliphatic heterocycles. The fourth-order valence-electron chi connectivity index (χ4n) is 2.76. The first-order valence-corrected chi connectivity index (χ1v) is 6.99. The summed E-state index contributed by atoms with van der Waals surface area (Å²) in [7, 11) is 0. The number of hydrogen-bond donors (Lipinski definition) is 0. The number of amidine groups is 1. The molecule has 1 amide bonds. The standard InChI is InChI=1S/C12H16N2OS/c15-11-8-16-12(13-11)14-6-5-9-3-1-2-4-10(9)7-14/h4,9H,1-3,5-8H2. The summed E-state index contributed by atoms with van der Waals surface area (Å²) in [6.45, 7) is 2.07. The highest BCUT2D eigenvalue weighted by Crippen LogP contribution is 2.33. The van der Waals surface area contributed by atoms with Crippen molar-refractivity contribution in [1.82, 2.24) is 4.90 Å². The largest absolute Gasteiger partial charge is 0.347 e. The molecule has 0 radical (unpaired) electrons. The van der Waals surface area contributed by atoms with Crippen LogP contribution in [0.25, 0.3) is 0 Å². The molecule has 1 atom stereocenters. The van der Waals surface area contributed by atoms with Crippen molar-refractivity contribution in [2.45, 2.75) is 25.7 Å². The van der Waals surface area contributed by atoms with Crippen LogP contribution < -0.4 is 0 Å². The number of rotatable bonds is 0. The van der Waals surface area contributed by atoms with E-state index in [0.717, 1.165) is 24.2 Å². The average molecular weight is 236 g/mol. The molecule has 1 fully saturated rings. The summed E-state index contributed by atoms with van der Waals surface area (Å²) in [5, 5.41) is 0.954. The quantitative estimate of drug-likeness (QED) is 0.603. The second kappa shape index (κ2) is 4.24.